The number of hydrogen-bond acceptors (Lipinski definition) is 4. The van der Waals surface area contributed by atoms with Crippen LogP contribution in [-0.4, -0.2) is 38.1 Å². The van der Waals surface area contributed by atoms with Crippen LogP contribution in [-0.2, 0) is 4.79 Å². The number of piperidine rings is 1. The van der Waals surface area contributed by atoms with Crippen molar-refractivity contribution >= 4 is 23.2 Å². The summed E-state index contributed by atoms with van der Waals surface area (Å²) in [4.78, 5) is 27.0. The molecule has 6 heteroatoms. The van der Waals surface area contributed by atoms with E-state index < -0.39 is 0 Å². The van der Waals surface area contributed by atoms with E-state index in [0.29, 0.717) is 23.6 Å². The minimum absolute atomic E-state index is 0.106. The van der Waals surface area contributed by atoms with Gasteiger partial charge in [-0.2, -0.15) is 0 Å². The number of anilines is 2. The summed E-state index contributed by atoms with van der Waals surface area (Å²) in [6, 6.07) is 14.9. The summed E-state index contributed by atoms with van der Waals surface area (Å²) in [6.45, 7) is 6.66. The van der Waals surface area contributed by atoms with E-state index in [9.17, 15) is 9.59 Å². The number of ether oxygens (including phenoxy) is 1. The van der Waals surface area contributed by atoms with Gasteiger partial charge in [-0.1, -0.05) is 19.1 Å². The molecular formula is C23H29N3O3. The van der Waals surface area contributed by atoms with Crippen LogP contribution < -0.4 is 20.3 Å². The highest BCUT2D eigenvalue weighted by molar-refractivity contribution is 6.00. The molecule has 0 aliphatic carbocycles. The molecule has 1 aliphatic heterocycles. The van der Waals surface area contributed by atoms with Crippen LogP contribution in [0.15, 0.2) is 48.5 Å². The van der Waals surface area contributed by atoms with E-state index in [0.717, 1.165) is 19.0 Å². The maximum absolute atomic E-state index is 12.4. The maximum atomic E-state index is 12.4. The molecule has 3 rings (SSSR count). The highest BCUT2D eigenvalue weighted by Crippen LogP contribution is 2.24. The Hall–Kier alpha value is -3.02. The van der Waals surface area contributed by atoms with Crippen LogP contribution in [0.5, 0.6) is 5.75 Å². The van der Waals surface area contributed by atoms with Gasteiger partial charge in [0.1, 0.15) is 5.75 Å². The molecule has 1 fully saturated rings. The summed E-state index contributed by atoms with van der Waals surface area (Å²) in [6.07, 6.45) is 2.43. The third-order valence-electron chi connectivity index (χ3n) is 5.14. The Kier molecular flexibility index (Phi) is 7.11. The van der Waals surface area contributed by atoms with Crippen molar-refractivity contribution in [2.24, 2.45) is 5.92 Å². The van der Waals surface area contributed by atoms with Crippen LogP contribution in [0, 0.1) is 5.92 Å². The van der Waals surface area contributed by atoms with Crippen molar-refractivity contribution in [3.05, 3.63) is 54.1 Å². The lowest BCUT2D eigenvalue weighted by atomic mass is 9.99. The number of hydrogen-bond donors (Lipinski definition) is 2. The molecule has 1 heterocycles. The molecule has 2 aromatic carbocycles. The lowest BCUT2D eigenvalue weighted by Gasteiger charge is -2.32. The minimum Gasteiger partial charge on any atom is -0.493 e. The summed E-state index contributed by atoms with van der Waals surface area (Å²) in [5.74, 6) is 0.696. The van der Waals surface area contributed by atoms with Crippen molar-refractivity contribution in [1.82, 2.24) is 5.32 Å². The zero-order valence-electron chi connectivity index (χ0n) is 17.1. The number of para-hydroxylation sites is 1. The van der Waals surface area contributed by atoms with E-state index in [1.807, 2.05) is 37.3 Å². The Labute approximate surface area is 172 Å². The van der Waals surface area contributed by atoms with Crippen LogP contribution >= 0.6 is 0 Å². The molecular weight excluding hydrogens is 366 g/mol. The smallest absolute Gasteiger partial charge is 0.255 e. The zero-order chi connectivity index (χ0) is 20.6. The van der Waals surface area contributed by atoms with Crippen LogP contribution in [0.3, 0.4) is 0 Å². The maximum Gasteiger partial charge on any atom is 0.255 e. The standard InChI is InChI=1S/C23H29N3O3/c1-3-29-21-7-5-4-6-20(21)23(28)24-16-22(27)25-18-8-10-19(11-9-18)26-14-12-17(2)13-15-26/h4-11,17H,3,12-16H2,1-2H3,(H,24,28)(H,25,27). The molecule has 0 aromatic heterocycles. The first-order chi connectivity index (χ1) is 14.1. The average molecular weight is 396 g/mol. The van der Waals surface area contributed by atoms with Gasteiger partial charge in [0, 0.05) is 24.5 Å². The molecule has 1 aliphatic rings. The van der Waals surface area contributed by atoms with Gasteiger partial charge in [0.15, 0.2) is 0 Å². The van der Waals surface area contributed by atoms with Crippen LogP contribution in [0.4, 0.5) is 11.4 Å². The minimum atomic E-state index is -0.334. The Morgan fingerprint density at radius 1 is 1.07 bits per heavy atom. The van der Waals surface area contributed by atoms with Gasteiger partial charge in [-0.25, -0.2) is 0 Å². The normalized spacial score (nSPS) is 14.3. The van der Waals surface area contributed by atoms with Crippen LogP contribution in [0.2, 0.25) is 0 Å². The van der Waals surface area contributed by atoms with Gasteiger partial charge < -0.3 is 20.3 Å². The first-order valence-corrected chi connectivity index (χ1v) is 10.2. The van der Waals surface area contributed by atoms with Gasteiger partial charge in [0.2, 0.25) is 5.91 Å². The Bertz CT molecular complexity index is 828. The van der Waals surface area contributed by atoms with Crippen molar-refractivity contribution in [1.29, 1.82) is 0 Å². The fraction of sp³-hybridized carbons (Fsp3) is 0.391. The monoisotopic (exact) mass is 395 g/mol. The molecule has 0 saturated carbocycles. The van der Waals surface area contributed by atoms with Gasteiger partial charge in [0.25, 0.3) is 5.91 Å². The first kappa shape index (κ1) is 20.7. The molecule has 2 N–H and O–H groups in total. The molecule has 0 spiro atoms. The quantitative estimate of drug-likeness (QED) is 0.750. The average Bonchev–Trinajstić information content (AvgIpc) is 2.74. The SMILES string of the molecule is CCOc1ccccc1C(=O)NCC(=O)Nc1ccc(N2CCC(C)CC2)cc1. The predicted octanol–water partition coefficient (Wildman–Crippen LogP) is 3.69. The Balaban J connectivity index is 1.50. The predicted molar refractivity (Wildman–Crippen MR) is 116 cm³/mol. The molecule has 0 unspecified atom stereocenters. The number of carbonyl (C=O) groups is 2. The van der Waals surface area contributed by atoms with Gasteiger partial charge in [-0.05, 0) is 62.1 Å². The number of amides is 2. The van der Waals surface area contributed by atoms with Crippen LogP contribution in [0.1, 0.15) is 37.0 Å². The molecule has 0 bridgehead atoms. The van der Waals surface area contributed by atoms with E-state index >= 15 is 0 Å². The lowest BCUT2D eigenvalue weighted by molar-refractivity contribution is -0.115. The highest BCUT2D eigenvalue weighted by atomic mass is 16.5. The van der Waals surface area contributed by atoms with Gasteiger partial charge in [-0.15, -0.1) is 0 Å². The van der Waals surface area contributed by atoms with Crippen molar-refractivity contribution in [2.75, 3.05) is 36.5 Å². The number of benzene rings is 2. The summed E-state index contributed by atoms with van der Waals surface area (Å²) < 4.78 is 5.46. The number of nitrogens with one attached hydrogen (secondary N) is 2. The topological polar surface area (TPSA) is 70.7 Å². The lowest BCUT2D eigenvalue weighted by Crippen LogP contribution is -2.33. The summed E-state index contributed by atoms with van der Waals surface area (Å²) in [5.41, 5.74) is 2.31. The van der Waals surface area contributed by atoms with Crippen molar-refractivity contribution in [2.45, 2.75) is 26.7 Å². The van der Waals surface area contributed by atoms with Gasteiger partial charge >= 0.3 is 0 Å². The fourth-order valence-electron chi connectivity index (χ4n) is 3.42. The van der Waals surface area contributed by atoms with Crippen LogP contribution in [0.25, 0.3) is 0 Å². The molecule has 154 valence electrons. The van der Waals surface area contributed by atoms with Crippen molar-refractivity contribution in [3.8, 4) is 5.75 Å². The van der Waals surface area contributed by atoms with Gasteiger partial charge in [0.05, 0.1) is 18.7 Å². The van der Waals surface area contributed by atoms with E-state index in [4.69, 9.17) is 4.74 Å². The summed E-state index contributed by atoms with van der Waals surface area (Å²) in [7, 11) is 0. The third-order valence-corrected chi connectivity index (χ3v) is 5.14. The van der Waals surface area contributed by atoms with Crippen molar-refractivity contribution in [3.63, 3.8) is 0 Å². The second-order valence-electron chi connectivity index (χ2n) is 7.38. The van der Waals surface area contributed by atoms with E-state index in [1.165, 1.54) is 18.5 Å². The number of nitrogens with zero attached hydrogens (tertiary/aromatic N) is 1. The van der Waals surface area contributed by atoms with Crippen molar-refractivity contribution < 1.29 is 14.3 Å². The third kappa shape index (κ3) is 5.73. The fourth-order valence-corrected chi connectivity index (χ4v) is 3.42. The second kappa shape index (κ2) is 9.96. The van der Waals surface area contributed by atoms with Gasteiger partial charge in [-0.3, -0.25) is 9.59 Å². The molecule has 2 aromatic rings. The second-order valence-corrected chi connectivity index (χ2v) is 7.38. The number of carbonyl (C=O) groups excluding carboxylic acids is 2. The molecule has 6 nitrogen and oxygen atoms in total. The molecule has 1 saturated heterocycles. The molecule has 2 amide bonds. The number of rotatable bonds is 7. The Morgan fingerprint density at radius 3 is 2.45 bits per heavy atom. The van der Waals surface area contributed by atoms with E-state index in [-0.39, 0.29) is 18.4 Å². The molecule has 0 atom stereocenters. The largest absolute Gasteiger partial charge is 0.493 e. The van der Waals surface area contributed by atoms with E-state index in [2.05, 4.69) is 22.5 Å². The van der Waals surface area contributed by atoms with E-state index in [1.54, 1.807) is 18.2 Å². The Morgan fingerprint density at radius 2 is 1.76 bits per heavy atom. The zero-order valence-corrected chi connectivity index (χ0v) is 17.1. The summed E-state index contributed by atoms with van der Waals surface area (Å²) in [5, 5.41) is 5.47. The highest BCUT2D eigenvalue weighted by Gasteiger charge is 2.16. The first-order valence-electron chi connectivity index (χ1n) is 10.2. The molecule has 29 heavy (non-hydrogen) atoms. The molecule has 0 radical (unpaired) electrons. The summed E-state index contributed by atoms with van der Waals surface area (Å²) >= 11 is 0.